The molecule has 7 nitrogen and oxygen atoms in total. The molecule has 0 aliphatic heterocycles. The summed E-state index contributed by atoms with van der Waals surface area (Å²) in [5.74, 6) is -1.73. The fraction of sp³-hybridized carbons (Fsp3) is 0.381. The lowest BCUT2D eigenvalue weighted by Gasteiger charge is -2.50. The highest BCUT2D eigenvalue weighted by Gasteiger charge is 2.65. The molecular formula is C21H22N2O5. The van der Waals surface area contributed by atoms with Gasteiger partial charge in [-0.2, -0.15) is 0 Å². The van der Waals surface area contributed by atoms with Gasteiger partial charge in [-0.1, -0.05) is 36.4 Å². The Labute approximate surface area is 162 Å². The highest BCUT2D eigenvalue weighted by molar-refractivity contribution is 6.23. The van der Waals surface area contributed by atoms with Gasteiger partial charge < -0.3 is 14.4 Å². The highest BCUT2D eigenvalue weighted by Crippen LogP contribution is 2.52. The number of hydrogen-bond donors (Lipinski definition) is 1. The Kier molecular flexibility index (Phi) is 4.24. The molecule has 2 aliphatic rings. The van der Waals surface area contributed by atoms with Crippen LogP contribution in [0.5, 0.6) is 5.88 Å². The van der Waals surface area contributed by atoms with Crippen molar-refractivity contribution in [1.29, 1.82) is 0 Å². The van der Waals surface area contributed by atoms with E-state index in [1.54, 1.807) is 6.08 Å². The van der Waals surface area contributed by atoms with Crippen LogP contribution >= 0.6 is 0 Å². The Morgan fingerprint density at radius 2 is 2.00 bits per heavy atom. The molecule has 4 rings (SSSR count). The van der Waals surface area contributed by atoms with Crippen molar-refractivity contribution in [2.75, 3.05) is 14.1 Å². The molecule has 0 spiro atoms. The van der Waals surface area contributed by atoms with Gasteiger partial charge in [0.2, 0.25) is 5.78 Å². The maximum absolute atomic E-state index is 13.3. The van der Waals surface area contributed by atoms with E-state index in [2.05, 4.69) is 5.16 Å². The third-order valence-corrected chi connectivity index (χ3v) is 6.04. The van der Waals surface area contributed by atoms with Crippen LogP contribution in [0.1, 0.15) is 35.0 Å². The van der Waals surface area contributed by atoms with Crippen LogP contribution in [0.25, 0.3) is 0 Å². The second-order valence-corrected chi connectivity index (χ2v) is 7.66. The van der Waals surface area contributed by atoms with Gasteiger partial charge in [0, 0.05) is 5.92 Å². The van der Waals surface area contributed by atoms with Gasteiger partial charge in [0.25, 0.3) is 5.88 Å². The molecule has 146 valence electrons. The van der Waals surface area contributed by atoms with Crippen molar-refractivity contribution in [2.24, 2.45) is 5.92 Å². The molecule has 28 heavy (non-hydrogen) atoms. The standard InChI is InChI=1S/C21H22N2O5/c1-20(23(2)3)14-10-7-11-15(24)21(14,26)17(25)16-18(20)28-22-19(16)27-12-13-8-5-4-6-9-13/h4-9,11,14,26H,10,12H2,1-3H3/t14-,20?,21-/m0/s1. The number of allylic oxidation sites excluding steroid dienone is 1. The molecule has 1 aromatic carbocycles. The third kappa shape index (κ3) is 2.40. The summed E-state index contributed by atoms with van der Waals surface area (Å²) in [6.07, 6.45) is 3.32. The van der Waals surface area contributed by atoms with Crippen LogP contribution in [0.4, 0.5) is 0 Å². The van der Waals surface area contributed by atoms with Gasteiger partial charge in [0.15, 0.2) is 17.1 Å². The van der Waals surface area contributed by atoms with Crippen molar-refractivity contribution < 1.29 is 24.0 Å². The fourth-order valence-corrected chi connectivity index (χ4v) is 4.20. The number of ether oxygens (including phenoxy) is 1. The predicted octanol–water partition coefficient (Wildman–Crippen LogP) is 2.10. The van der Waals surface area contributed by atoms with E-state index in [4.69, 9.17) is 9.26 Å². The molecule has 0 bridgehead atoms. The zero-order valence-electron chi connectivity index (χ0n) is 16.0. The number of aliphatic hydroxyl groups is 1. The van der Waals surface area contributed by atoms with Crippen molar-refractivity contribution in [3.05, 3.63) is 59.4 Å². The Hall–Kier alpha value is -2.77. The van der Waals surface area contributed by atoms with E-state index in [-0.39, 0.29) is 18.1 Å². The number of aromatic nitrogens is 1. The smallest absolute Gasteiger partial charge is 0.265 e. The number of carbonyl (C=O) groups is 2. The first-order valence-electron chi connectivity index (χ1n) is 9.13. The van der Waals surface area contributed by atoms with E-state index in [9.17, 15) is 14.7 Å². The van der Waals surface area contributed by atoms with Crippen LogP contribution in [0.2, 0.25) is 0 Å². The lowest BCUT2D eigenvalue weighted by Crippen LogP contribution is -2.66. The second kappa shape index (κ2) is 6.39. The molecule has 1 heterocycles. The van der Waals surface area contributed by atoms with E-state index in [0.29, 0.717) is 12.2 Å². The van der Waals surface area contributed by atoms with Crippen LogP contribution < -0.4 is 4.74 Å². The number of nitrogens with zero attached hydrogens (tertiary/aromatic N) is 2. The zero-order valence-corrected chi connectivity index (χ0v) is 16.0. The van der Waals surface area contributed by atoms with Crippen molar-refractivity contribution in [3.8, 4) is 5.88 Å². The van der Waals surface area contributed by atoms with Gasteiger partial charge in [-0.15, -0.1) is 0 Å². The molecular weight excluding hydrogens is 360 g/mol. The first kappa shape index (κ1) is 18.6. The Bertz CT molecular complexity index is 964. The topological polar surface area (TPSA) is 92.9 Å². The van der Waals surface area contributed by atoms with Crippen LogP contribution in [0.3, 0.4) is 0 Å². The summed E-state index contributed by atoms with van der Waals surface area (Å²) in [7, 11) is 3.63. The monoisotopic (exact) mass is 382 g/mol. The van der Waals surface area contributed by atoms with E-state index in [1.807, 2.05) is 56.3 Å². The number of Topliss-reactive ketones (excluding diaryl/α,β-unsaturated/α-hetero) is 1. The summed E-state index contributed by atoms with van der Waals surface area (Å²) in [5, 5.41) is 15.3. The van der Waals surface area contributed by atoms with E-state index in [0.717, 1.165) is 5.56 Å². The summed E-state index contributed by atoms with van der Waals surface area (Å²) >= 11 is 0. The average molecular weight is 382 g/mol. The SMILES string of the molecule is CN(C)C1(C)c2onc(OCc3ccccc3)c2C(=O)[C@@]2(O)C(=O)C=CC[C@@H]12. The third-order valence-electron chi connectivity index (χ3n) is 6.04. The van der Waals surface area contributed by atoms with E-state index in [1.165, 1.54) is 6.08 Å². The largest absolute Gasteiger partial charge is 0.470 e. The Morgan fingerprint density at radius 3 is 2.68 bits per heavy atom. The number of benzene rings is 1. The minimum absolute atomic E-state index is 0.00819. The minimum Gasteiger partial charge on any atom is -0.470 e. The molecule has 0 fully saturated rings. The minimum atomic E-state index is -2.17. The molecule has 1 unspecified atom stereocenters. The summed E-state index contributed by atoms with van der Waals surface area (Å²) in [6.45, 7) is 2.02. The average Bonchev–Trinajstić information content (AvgIpc) is 3.11. The van der Waals surface area contributed by atoms with Crippen molar-refractivity contribution in [3.63, 3.8) is 0 Å². The molecule has 7 heteroatoms. The maximum atomic E-state index is 13.3. The lowest BCUT2D eigenvalue weighted by atomic mass is 9.59. The van der Waals surface area contributed by atoms with E-state index >= 15 is 0 Å². The first-order valence-corrected chi connectivity index (χ1v) is 9.13. The molecule has 0 saturated carbocycles. The van der Waals surface area contributed by atoms with Crippen molar-refractivity contribution in [2.45, 2.75) is 31.1 Å². The van der Waals surface area contributed by atoms with Gasteiger partial charge in [-0.05, 0) is 44.2 Å². The number of fused-ring (bicyclic) bond motifs is 2. The quantitative estimate of drug-likeness (QED) is 0.810. The van der Waals surface area contributed by atoms with Crippen LogP contribution in [0.15, 0.2) is 47.0 Å². The van der Waals surface area contributed by atoms with Crippen LogP contribution in [-0.2, 0) is 16.9 Å². The maximum Gasteiger partial charge on any atom is 0.265 e. The Balaban J connectivity index is 1.81. The molecule has 0 amide bonds. The van der Waals surface area contributed by atoms with Gasteiger partial charge >= 0.3 is 0 Å². The molecule has 1 aromatic heterocycles. The Morgan fingerprint density at radius 1 is 1.29 bits per heavy atom. The zero-order chi connectivity index (χ0) is 20.1. The number of carbonyl (C=O) groups excluding carboxylic acids is 2. The summed E-state index contributed by atoms with van der Waals surface area (Å²) < 4.78 is 11.3. The lowest BCUT2D eigenvalue weighted by molar-refractivity contribution is -0.142. The number of ketones is 2. The molecule has 3 atom stereocenters. The van der Waals surface area contributed by atoms with E-state index < -0.39 is 28.6 Å². The fourth-order valence-electron chi connectivity index (χ4n) is 4.20. The molecule has 0 saturated heterocycles. The van der Waals surface area contributed by atoms with Crippen LogP contribution in [-0.4, -0.2) is 46.4 Å². The summed E-state index contributed by atoms with van der Waals surface area (Å²) in [4.78, 5) is 27.7. The summed E-state index contributed by atoms with van der Waals surface area (Å²) in [5.41, 5.74) is -2.16. The highest BCUT2D eigenvalue weighted by atomic mass is 16.5. The van der Waals surface area contributed by atoms with Gasteiger partial charge in [0.05, 0.1) is 5.54 Å². The van der Waals surface area contributed by atoms with Crippen LogP contribution in [0, 0.1) is 5.92 Å². The molecule has 1 N–H and O–H groups in total. The number of rotatable bonds is 4. The summed E-state index contributed by atoms with van der Waals surface area (Å²) in [6, 6.07) is 9.43. The van der Waals surface area contributed by atoms with Gasteiger partial charge in [-0.3, -0.25) is 14.5 Å². The predicted molar refractivity (Wildman–Crippen MR) is 99.9 cm³/mol. The van der Waals surface area contributed by atoms with Crippen molar-refractivity contribution >= 4 is 11.6 Å². The second-order valence-electron chi connectivity index (χ2n) is 7.66. The first-order chi connectivity index (χ1) is 13.3. The molecule has 2 aromatic rings. The van der Waals surface area contributed by atoms with Gasteiger partial charge in [-0.25, -0.2) is 0 Å². The molecule has 0 radical (unpaired) electrons. The van der Waals surface area contributed by atoms with Gasteiger partial charge in [0.1, 0.15) is 12.2 Å². The molecule has 2 aliphatic carbocycles. The number of hydrogen-bond acceptors (Lipinski definition) is 7. The normalized spacial score (nSPS) is 29.0. The van der Waals surface area contributed by atoms with Crippen molar-refractivity contribution in [1.82, 2.24) is 10.1 Å².